The van der Waals surface area contributed by atoms with Crippen LogP contribution in [0.4, 0.5) is 10.2 Å². The molecule has 22 heavy (non-hydrogen) atoms. The van der Waals surface area contributed by atoms with Crippen molar-refractivity contribution in [3.05, 3.63) is 36.1 Å². The fourth-order valence-electron chi connectivity index (χ4n) is 2.58. The molecule has 116 valence electrons. The van der Waals surface area contributed by atoms with Gasteiger partial charge in [0.1, 0.15) is 11.6 Å². The number of carbonyl (C=O) groups excluding carboxylic acids is 1. The summed E-state index contributed by atoms with van der Waals surface area (Å²) in [5.41, 5.74) is 0.619. The number of hydrogen-bond acceptors (Lipinski definition) is 5. The predicted molar refractivity (Wildman–Crippen MR) is 80.3 cm³/mol. The Morgan fingerprint density at radius 1 is 1.45 bits per heavy atom. The van der Waals surface area contributed by atoms with Gasteiger partial charge in [-0.1, -0.05) is 0 Å². The lowest BCUT2D eigenvalue weighted by Crippen LogP contribution is -2.43. The third-order valence-corrected chi connectivity index (χ3v) is 3.72. The second-order valence-electron chi connectivity index (χ2n) is 5.23. The van der Waals surface area contributed by atoms with Crippen LogP contribution in [0.5, 0.6) is 0 Å². The van der Waals surface area contributed by atoms with E-state index in [4.69, 9.17) is 4.74 Å². The zero-order valence-corrected chi connectivity index (χ0v) is 12.3. The van der Waals surface area contributed by atoms with Gasteiger partial charge in [-0.05, 0) is 24.3 Å². The Morgan fingerprint density at radius 2 is 2.27 bits per heavy atom. The molecule has 0 aliphatic carbocycles. The van der Waals surface area contributed by atoms with E-state index >= 15 is 0 Å². The third-order valence-electron chi connectivity index (χ3n) is 3.72. The number of pyridine rings is 1. The summed E-state index contributed by atoms with van der Waals surface area (Å²) in [6, 6.07) is 8.37. The van der Waals surface area contributed by atoms with Crippen LogP contribution in [0.1, 0.15) is 6.42 Å². The smallest absolute Gasteiger partial charge is 0.308 e. The van der Waals surface area contributed by atoms with E-state index in [0.717, 1.165) is 11.2 Å². The first-order valence-corrected chi connectivity index (χ1v) is 7.15. The van der Waals surface area contributed by atoms with Crippen molar-refractivity contribution in [1.82, 2.24) is 4.98 Å². The summed E-state index contributed by atoms with van der Waals surface area (Å²) < 4.78 is 23.6. The van der Waals surface area contributed by atoms with Gasteiger partial charge in [0.15, 0.2) is 0 Å². The van der Waals surface area contributed by atoms with Crippen LogP contribution < -0.4 is 4.90 Å². The van der Waals surface area contributed by atoms with Crippen molar-refractivity contribution in [1.29, 1.82) is 0 Å². The summed E-state index contributed by atoms with van der Waals surface area (Å²) in [7, 11) is 1.36. The van der Waals surface area contributed by atoms with Crippen LogP contribution in [0.3, 0.4) is 0 Å². The number of rotatable bonds is 3. The Hall–Kier alpha value is -2.21. The van der Waals surface area contributed by atoms with Gasteiger partial charge >= 0.3 is 5.97 Å². The molecule has 1 aliphatic heterocycles. The molecule has 1 aliphatic rings. The van der Waals surface area contributed by atoms with Gasteiger partial charge in [-0.15, -0.1) is 0 Å². The maximum Gasteiger partial charge on any atom is 0.308 e. The summed E-state index contributed by atoms with van der Waals surface area (Å²) in [6.45, 7) is 1.76. The molecule has 3 rings (SSSR count). The lowest BCUT2D eigenvalue weighted by molar-refractivity contribution is -0.144. The molecule has 0 N–H and O–H groups in total. The van der Waals surface area contributed by atoms with Crippen molar-refractivity contribution < 1.29 is 18.7 Å². The number of methoxy groups -OCH3 is 1. The summed E-state index contributed by atoms with van der Waals surface area (Å²) in [6.07, 6.45) is 0.000994. The molecule has 0 radical (unpaired) electrons. The Bertz CT molecular complexity index is 692. The molecule has 1 saturated heterocycles. The highest BCUT2D eigenvalue weighted by Crippen LogP contribution is 2.21. The molecule has 5 nitrogen and oxygen atoms in total. The van der Waals surface area contributed by atoms with Crippen molar-refractivity contribution in [2.75, 3.05) is 31.7 Å². The normalized spacial score (nSPS) is 18.5. The molecule has 1 atom stereocenters. The first-order chi connectivity index (χ1) is 10.7. The third kappa shape index (κ3) is 3.17. The second kappa shape index (κ2) is 6.27. The van der Waals surface area contributed by atoms with E-state index < -0.39 is 0 Å². The Morgan fingerprint density at radius 3 is 3.09 bits per heavy atom. The standard InChI is InChI=1S/C16H17FN2O3/c1-21-16(20)9-13-10-19(6-7-22-13)15-5-3-11-2-4-12(17)8-14(11)18-15/h2-5,8,13H,6-7,9-10H2,1H3/t13-/m0/s1. The number of aromatic nitrogens is 1. The molecule has 1 aromatic carbocycles. The summed E-state index contributed by atoms with van der Waals surface area (Å²) >= 11 is 0. The van der Waals surface area contributed by atoms with Crippen molar-refractivity contribution in [2.45, 2.75) is 12.5 Å². The average Bonchev–Trinajstić information content (AvgIpc) is 2.54. The molecule has 0 unspecified atom stereocenters. The van der Waals surface area contributed by atoms with Crippen LogP contribution in [0.15, 0.2) is 30.3 Å². The number of esters is 1. The second-order valence-corrected chi connectivity index (χ2v) is 5.23. The number of hydrogen-bond donors (Lipinski definition) is 0. The van der Waals surface area contributed by atoms with E-state index in [1.165, 1.54) is 19.2 Å². The number of nitrogens with zero attached hydrogens (tertiary/aromatic N) is 2. The van der Waals surface area contributed by atoms with Gasteiger partial charge < -0.3 is 14.4 Å². The minimum atomic E-state index is -0.303. The van der Waals surface area contributed by atoms with Crippen LogP contribution in [-0.4, -0.2) is 43.9 Å². The van der Waals surface area contributed by atoms with Crippen LogP contribution in [0.25, 0.3) is 10.9 Å². The lowest BCUT2D eigenvalue weighted by Gasteiger charge is -2.33. The van der Waals surface area contributed by atoms with Gasteiger partial charge in [-0.2, -0.15) is 0 Å². The molecule has 1 fully saturated rings. The Balaban J connectivity index is 1.79. The predicted octanol–water partition coefficient (Wildman–Crippen LogP) is 2.14. The van der Waals surface area contributed by atoms with E-state index in [1.54, 1.807) is 6.07 Å². The van der Waals surface area contributed by atoms with Crippen molar-refractivity contribution in [2.24, 2.45) is 0 Å². The Labute approximate surface area is 127 Å². The van der Waals surface area contributed by atoms with Crippen LogP contribution in [-0.2, 0) is 14.3 Å². The molecule has 0 saturated carbocycles. The fraction of sp³-hybridized carbons (Fsp3) is 0.375. The van der Waals surface area contributed by atoms with Crippen LogP contribution in [0, 0.1) is 5.82 Å². The fourth-order valence-corrected chi connectivity index (χ4v) is 2.58. The van der Waals surface area contributed by atoms with E-state index in [0.29, 0.717) is 25.2 Å². The number of anilines is 1. The van der Waals surface area contributed by atoms with Crippen molar-refractivity contribution in [3.8, 4) is 0 Å². The van der Waals surface area contributed by atoms with Gasteiger partial charge in [0.2, 0.25) is 0 Å². The number of morpholine rings is 1. The maximum atomic E-state index is 13.3. The highest BCUT2D eigenvalue weighted by atomic mass is 19.1. The number of ether oxygens (including phenoxy) is 2. The molecular formula is C16H17FN2O3. The van der Waals surface area contributed by atoms with E-state index in [-0.39, 0.29) is 24.3 Å². The molecule has 0 amide bonds. The zero-order chi connectivity index (χ0) is 15.5. The molecule has 0 spiro atoms. The molecule has 2 aromatic rings. The van der Waals surface area contributed by atoms with Crippen LogP contribution >= 0.6 is 0 Å². The van der Waals surface area contributed by atoms with Gasteiger partial charge in [-0.3, -0.25) is 4.79 Å². The largest absolute Gasteiger partial charge is 0.469 e. The monoisotopic (exact) mass is 304 g/mol. The summed E-state index contributed by atoms with van der Waals surface area (Å²) in [5, 5.41) is 0.893. The lowest BCUT2D eigenvalue weighted by atomic mass is 10.2. The number of benzene rings is 1. The van der Waals surface area contributed by atoms with Gasteiger partial charge in [-0.25, -0.2) is 9.37 Å². The first-order valence-electron chi connectivity index (χ1n) is 7.15. The molecule has 6 heteroatoms. The molecule has 0 bridgehead atoms. The Kier molecular flexibility index (Phi) is 4.20. The SMILES string of the molecule is COC(=O)C[C@H]1CN(c2ccc3ccc(F)cc3n2)CCO1. The topological polar surface area (TPSA) is 51.7 Å². The van der Waals surface area contributed by atoms with Gasteiger partial charge in [0.05, 0.1) is 31.8 Å². The van der Waals surface area contributed by atoms with E-state index in [9.17, 15) is 9.18 Å². The van der Waals surface area contributed by atoms with Gasteiger partial charge in [0.25, 0.3) is 0 Å². The quantitative estimate of drug-likeness (QED) is 0.813. The zero-order valence-electron chi connectivity index (χ0n) is 12.3. The van der Waals surface area contributed by atoms with E-state index in [2.05, 4.69) is 9.72 Å². The summed E-state index contributed by atoms with van der Waals surface area (Å²) in [5.74, 6) is 0.166. The molecule has 1 aromatic heterocycles. The van der Waals surface area contributed by atoms with Gasteiger partial charge in [0, 0.05) is 24.5 Å². The number of carbonyl (C=O) groups is 1. The van der Waals surface area contributed by atoms with Crippen molar-refractivity contribution >= 4 is 22.7 Å². The molecule has 2 heterocycles. The minimum absolute atomic E-state index is 0.216. The average molecular weight is 304 g/mol. The maximum absolute atomic E-state index is 13.3. The number of halogens is 1. The number of fused-ring (bicyclic) bond motifs is 1. The van der Waals surface area contributed by atoms with Crippen molar-refractivity contribution in [3.63, 3.8) is 0 Å². The highest BCUT2D eigenvalue weighted by molar-refractivity contribution is 5.80. The first kappa shape index (κ1) is 14.7. The molecular weight excluding hydrogens is 287 g/mol. The highest BCUT2D eigenvalue weighted by Gasteiger charge is 2.24. The van der Waals surface area contributed by atoms with Crippen LogP contribution in [0.2, 0.25) is 0 Å². The minimum Gasteiger partial charge on any atom is -0.469 e. The summed E-state index contributed by atoms with van der Waals surface area (Å²) in [4.78, 5) is 17.9. The van der Waals surface area contributed by atoms with E-state index in [1.807, 2.05) is 17.0 Å².